The van der Waals surface area contributed by atoms with Crippen molar-refractivity contribution in [2.75, 3.05) is 39.3 Å². The van der Waals surface area contributed by atoms with Crippen molar-refractivity contribution in [1.29, 1.82) is 0 Å². The highest BCUT2D eigenvalue weighted by Gasteiger charge is 2.30. The molecule has 0 amide bonds. The van der Waals surface area contributed by atoms with Crippen molar-refractivity contribution in [2.24, 2.45) is 11.1 Å². The maximum absolute atomic E-state index is 5.82. The summed E-state index contributed by atoms with van der Waals surface area (Å²) < 4.78 is 0. The van der Waals surface area contributed by atoms with Crippen LogP contribution in [-0.4, -0.2) is 55.1 Å². The Bertz CT molecular complexity index is 227. The molecule has 2 fully saturated rings. The second-order valence-electron chi connectivity index (χ2n) is 6.29. The number of piperidine rings is 1. The van der Waals surface area contributed by atoms with Gasteiger partial charge in [0.2, 0.25) is 0 Å². The van der Waals surface area contributed by atoms with E-state index in [1.807, 2.05) is 0 Å². The van der Waals surface area contributed by atoms with E-state index in [1.54, 1.807) is 0 Å². The number of fused-ring (bicyclic) bond motifs is 1. The smallest absolute Gasteiger partial charge is 0.0223 e. The van der Waals surface area contributed by atoms with Gasteiger partial charge < -0.3 is 5.73 Å². The van der Waals surface area contributed by atoms with Crippen molar-refractivity contribution >= 4 is 0 Å². The Kier molecular flexibility index (Phi) is 3.88. The first-order valence-electron chi connectivity index (χ1n) is 6.77. The molecular weight excluding hydrogens is 198 g/mol. The fourth-order valence-corrected chi connectivity index (χ4v) is 3.03. The maximum Gasteiger partial charge on any atom is 0.0223 e. The van der Waals surface area contributed by atoms with Crippen LogP contribution in [0.1, 0.15) is 33.1 Å². The zero-order valence-electron chi connectivity index (χ0n) is 10.9. The fraction of sp³-hybridized carbons (Fsp3) is 1.00. The van der Waals surface area contributed by atoms with Crippen LogP contribution >= 0.6 is 0 Å². The van der Waals surface area contributed by atoms with E-state index in [2.05, 4.69) is 23.6 Å². The van der Waals surface area contributed by atoms with E-state index < -0.39 is 0 Å². The molecule has 1 atom stereocenters. The van der Waals surface area contributed by atoms with Gasteiger partial charge >= 0.3 is 0 Å². The van der Waals surface area contributed by atoms with Gasteiger partial charge in [0.05, 0.1) is 0 Å². The highest BCUT2D eigenvalue weighted by atomic mass is 15.3. The van der Waals surface area contributed by atoms with Gasteiger partial charge in [-0.1, -0.05) is 20.3 Å². The van der Waals surface area contributed by atoms with Gasteiger partial charge in [0, 0.05) is 32.2 Å². The number of rotatable bonds is 3. The molecule has 2 rings (SSSR count). The highest BCUT2D eigenvalue weighted by Crippen LogP contribution is 2.23. The summed E-state index contributed by atoms with van der Waals surface area (Å²) in [5.41, 5.74) is 6.09. The predicted molar refractivity (Wildman–Crippen MR) is 68.5 cm³/mol. The maximum atomic E-state index is 5.82. The molecule has 94 valence electrons. The third-order valence-corrected chi connectivity index (χ3v) is 4.13. The third-order valence-electron chi connectivity index (χ3n) is 4.13. The van der Waals surface area contributed by atoms with Crippen molar-refractivity contribution < 1.29 is 0 Å². The molecule has 0 radical (unpaired) electrons. The van der Waals surface area contributed by atoms with Gasteiger partial charge in [0.1, 0.15) is 0 Å². The zero-order chi connectivity index (χ0) is 11.6. The lowest BCUT2D eigenvalue weighted by molar-refractivity contribution is 0.0328. The molecule has 0 aliphatic carbocycles. The molecule has 0 bridgehead atoms. The van der Waals surface area contributed by atoms with Crippen LogP contribution in [0.5, 0.6) is 0 Å². The summed E-state index contributed by atoms with van der Waals surface area (Å²) in [6, 6.07) is 0.830. The molecule has 2 aliphatic rings. The summed E-state index contributed by atoms with van der Waals surface area (Å²) in [7, 11) is 0. The summed E-state index contributed by atoms with van der Waals surface area (Å²) in [4.78, 5) is 5.31. The molecule has 0 aromatic carbocycles. The molecule has 1 unspecified atom stereocenters. The minimum atomic E-state index is 0.275. The summed E-state index contributed by atoms with van der Waals surface area (Å²) in [5, 5.41) is 0. The predicted octanol–water partition coefficient (Wildman–Crippen LogP) is 1.14. The van der Waals surface area contributed by atoms with E-state index in [9.17, 15) is 0 Å². The molecule has 2 N–H and O–H groups in total. The second kappa shape index (κ2) is 5.03. The molecule has 0 aromatic heterocycles. The first-order valence-corrected chi connectivity index (χ1v) is 6.77. The van der Waals surface area contributed by atoms with Gasteiger partial charge in [0.15, 0.2) is 0 Å². The summed E-state index contributed by atoms with van der Waals surface area (Å²) in [6.07, 6.45) is 4.24. The van der Waals surface area contributed by atoms with E-state index in [4.69, 9.17) is 5.73 Å². The van der Waals surface area contributed by atoms with Crippen molar-refractivity contribution in [3.63, 3.8) is 0 Å². The van der Waals surface area contributed by atoms with Crippen LogP contribution in [0.15, 0.2) is 0 Å². The van der Waals surface area contributed by atoms with Crippen molar-refractivity contribution in [3.05, 3.63) is 0 Å². The fourth-order valence-electron chi connectivity index (χ4n) is 3.03. The molecule has 16 heavy (non-hydrogen) atoms. The topological polar surface area (TPSA) is 32.5 Å². The molecule has 0 saturated carbocycles. The standard InChI is InChI=1S/C13H27N3/c1-13(2,10-14)11-15-7-8-16-6-4-3-5-12(16)9-15/h12H,3-11,14H2,1-2H3. The summed E-state index contributed by atoms with van der Waals surface area (Å²) in [5.74, 6) is 0. The first kappa shape index (κ1) is 12.3. The monoisotopic (exact) mass is 225 g/mol. The van der Waals surface area contributed by atoms with Crippen LogP contribution in [0.3, 0.4) is 0 Å². The summed E-state index contributed by atoms with van der Waals surface area (Å²) in [6.45, 7) is 11.6. The van der Waals surface area contributed by atoms with Gasteiger partial charge in [-0.25, -0.2) is 0 Å². The van der Waals surface area contributed by atoms with Gasteiger partial charge in [-0.2, -0.15) is 0 Å². The average molecular weight is 225 g/mol. The Balaban J connectivity index is 1.85. The van der Waals surface area contributed by atoms with Gasteiger partial charge in [-0.3, -0.25) is 9.80 Å². The SMILES string of the molecule is CC(C)(CN)CN1CCN2CCCCC2C1. The van der Waals surface area contributed by atoms with Crippen LogP contribution in [-0.2, 0) is 0 Å². The lowest BCUT2D eigenvalue weighted by Gasteiger charge is -2.45. The Hall–Kier alpha value is -0.120. The Morgan fingerprint density at radius 3 is 2.75 bits per heavy atom. The lowest BCUT2D eigenvalue weighted by atomic mass is 9.91. The number of hydrogen-bond acceptors (Lipinski definition) is 3. The van der Waals surface area contributed by atoms with Crippen LogP contribution in [0, 0.1) is 5.41 Å². The molecular formula is C13H27N3. The minimum absolute atomic E-state index is 0.275. The first-order chi connectivity index (χ1) is 7.61. The zero-order valence-corrected chi connectivity index (χ0v) is 10.9. The molecule has 2 aliphatic heterocycles. The second-order valence-corrected chi connectivity index (χ2v) is 6.29. The third kappa shape index (κ3) is 2.96. The molecule has 2 saturated heterocycles. The van der Waals surface area contributed by atoms with Crippen molar-refractivity contribution in [3.8, 4) is 0 Å². The van der Waals surface area contributed by atoms with E-state index in [0.29, 0.717) is 0 Å². The van der Waals surface area contributed by atoms with E-state index >= 15 is 0 Å². The van der Waals surface area contributed by atoms with Crippen molar-refractivity contribution in [2.45, 2.75) is 39.2 Å². The molecule has 3 heteroatoms. The number of nitrogens with two attached hydrogens (primary N) is 1. The summed E-state index contributed by atoms with van der Waals surface area (Å²) >= 11 is 0. The number of piperazine rings is 1. The quantitative estimate of drug-likeness (QED) is 0.782. The number of nitrogens with zero attached hydrogens (tertiary/aromatic N) is 2. The van der Waals surface area contributed by atoms with Gasteiger partial charge in [-0.05, 0) is 31.3 Å². The van der Waals surface area contributed by atoms with Crippen LogP contribution in [0.25, 0.3) is 0 Å². The van der Waals surface area contributed by atoms with E-state index in [0.717, 1.165) is 19.1 Å². The Morgan fingerprint density at radius 1 is 1.19 bits per heavy atom. The molecule has 0 aromatic rings. The van der Waals surface area contributed by atoms with Gasteiger partial charge in [0.25, 0.3) is 0 Å². The van der Waals surface area contributed by atoms with Crippen LogP contribution in [0.4, 0.5) is 0 Å². The lowest BCUT2D eigenvalue weighted by Crippen LogP contribution is -2.56. The van der Waals surface area contributed by atoms with Gasteiger partial charge in [-0.15, -0.1) is 0 Å². The average Bonchev–Trinajstić information content (AvgIpc) is 2.28. The normalized spacial score (nSPS) is 29.1. The van der Waals surface area contributed by atoms with E-state index in [1.165, 1.54) is 45.4 Å². The van der Waals surface area contributed by atoms with Crippen molar-refractivity contribution in [1.82, 2.24) is 9.80 Å². The largest absolute Gasteiger partial charge is 0.330 e. The molecule has 2 heterocycles. The Morgan fingerprint density at radius 2 is 2.00 bits per heavy atom. The minimum Gasteiger partial charge on any atom is -0.330 e. The molecule has 0 spiro atoms. The van der Waals surface area contributed by atoms with E-state index in [-0.39, 0.29) is 5.41 Å². The van der Waals surface area contributed by atoms with Crippen LogP contribution in [0.2, 0.25) is 0 Å². The molecule has 3 nitrogen and oxygen atoms in total. The Labute approximate surface area is 100.0 Å². The number of hydrogen-bond donors (Lipinski definition) is 1. The van der Waals surface area contributed by atoms with Crippen LogP contribution < -0.4 is 5.73 Å². The highest BCUT2D eigenvalue weighted by molar-refractivity contribution is 4.87.